The van der Waals surface area contributed by atoms with Crippen LogP contribution in [-0.4, -0.2) is 9.78 Å². The van der Waals surface area contributed by atoms with Crippen LogP contribution in [0.1, 0.15) is 16.8 Å². The molecule has 1 heterocycles. The molecule has 2 aromatic rings. The largest absolute Gasteiger partial charge is 0.338 e. The maximum absolute atomic E-state index is 9.15. The molecule has 0 amide bonds. The number of anilines is 2. The van der Waals surface area contributed by atoms with Gasteiger partial charge in [0.25, 0.3) is 0 Å². The van der Waals surface area contributed by atoms with E-state index >= 15 is 0 Å². The molecular weight excluding hydrogens is 306 g/mol. The number of benzene rings is 1. The maximum Gasteiger partial charge on any atom is 0.146 e. The zero-order valence-electron chi connectivity index (χ0n) is 10.4. The molecule has 0 bridgehead atoms. The van der Waals surface area contributed by atoms with E-state index in [1.165, 1.54) is 0 Å². The molecule has 0 aliphatic heterocycles. The average molecular weight is 316 g/mol. The Labute approximate surface area is 119 Å². The molecule has 0 saturated heterocycles. The van der Waals surface area contributed by atoms with Gasteiger partial charge in [-0.1, -0.05) is 15.9 Å². The van der Waals surface area contributed by atoms with Gasteiger partial charge in [0, 0.05) is 11.5 Å². The standard InChI is InChI=1S/C13H10BrN5/c1-8-11(7-16)13(19(2)18-8)17-12-5-10(14)4-3-9(12)6-15/h3-5,17H,1-2H3. The molecule has 0 radical (unpaired) electrons. The Morgan fingerprint density at radius 2 is 2.05 bits per heavy atom. The number of aryl methyl sites for hydroxylation is 2. The summed E-state index contributed by atoms with van der Waals surface area (Å²) < 4.78 is 2.45. The topological polar surface area (TPSA) is 77.4 Å². The van der Waals surface area contributed by atoms with Crippen LogP contribution in [0.4, 0.5) is 11.5 Å². The van der Waals surface area contributed by atoms with Crippen molar-refractivity contribution in [3.05, 3.63) is 39.5 Å². The summed E-state index contributed by atoms with van der Waals surface area (Å²) in [4.78, 5) is 0. The van der Waals surface area contributed by atoms with E-state index in [9.17, 15) is 0 Å². The zero-order chi connectivity index (χ0) is 14.0. The van der Waals surface area contributed by atoms with Crippen molar-refractivity contribution >= 4 is 27.4 Å². The molecule has 0 fully saturated rings. The molecule has 0 aliphatic rings. The van der Waals surface area contributed by atoms with E-state index in [1.807, 2.05) is 0 Å². The third-order valence-electron chi connectivity index (χ3n) is 2.69. The van der Waals surface area contributed by atoms with Crippen LogP contribution in [0, 0.1) is 29.6 Å². The van der Waals surface area contributed by atoms with Gasteiger partial charge in [-0.3, -0.25) is 4.68 Å². The summed E-state index contributed by atoms with van der Waals surface area (Å²) in [5, 5.41) is 25.5. The fourth-order valence-corrected chi connectivity index (χ4v) is 2.14. The van der Waals surface area contributed by atoms with Crippen molar-refractivity contribution in [3.8, 4) is 12.1 Å². The highest BCUT2D eigenvalue weighted by atomic mass is 79.9. The lowest BCUT2D eigenvalue weighted by Crippen LogP contribution is -2.02. The zero-order valence-corrected chi connectivity index (χ0v) is 12.0. The summed E-state index contributed by atoms with van der Waals surface area (Å²) in [7, 11) is 1.75. The molecule has 0 unspecified atom stereocenters. The number of nitriles is 2. The fraction of sp³-hybridized carbons (Fsp3) is 0.154. The summed E-state index contributed by atoms with van der Waals surface area (Å²) in [5.41, 5.74) is 2.27. The molecule has 94 valence electrons. The molecule has 0 atom stereocenters. The first-order valence-electron chi connectivity index (χ1n) is 5.47. The highest BCUT2D eigenvalue weighted by Gasteiger charge is 2.14. The average Bonchev–Trinajstić information content (AvgIpc) is 2.64. The third kappa shape index (κ3) is 2.44. The molecular formula is C13H10BrN5. The highest BCUT2D eigenvalue weighted by molar-refractivity contribution is 9.10. The fourth-order valence-electron chi connectivity index (χ4n) is 1.78. The van der Waals surface area contributed by atoms with E-state index in [2.05, 4.69) is 38.5 Å². The first-order valence-corrected chi connectivity index (χ1v) is 6.26. The van der Waals surface area contributed by atoms with Gasteiger partial charge in [0.2, 0.25) is 0 Å². The molecule has 1 N–H and O–H groups in total. The van der Waals surface area contributed by atoms with Crippen molar-refractivity contribution in [3.63, 3.8) is 0 Å². The number of aromatic nitrogens is 2. The molecule has 1 aromatic carbocycles. The van der Waals surface area contributed by atoms with Crippen LogP contribution in [0.25, 0.3) is 0 Å². The summed E-state index contributed by atoms with van der Waals surface area (Å²) in [6.07, 6.45) is 0. The Morgan fingerprint density at radius 1 is 1.32 bits per heavy atom. The van der Waals surface area contributed by atoms with Crippen molar-refractivity contribution in [1.82, 2.24) is 9.78 Å². The van der Waals surface area contributed by atoms with Crippen molar-refractivity contribution < 1.29 is 0 Å². The van der Waals surface area contributed by atoms with Crippen LogP contribution in [0.2, 0.25) is 0 Å². The van der Waals surface area contributed by atoms with Crippen LogP contribution in [0.3, 0.4) is 0 Å². The van der Waals surface area contributed by atoms with Crippen molar-refractivity contribution in [2.75, 3.05) is 5.32 Å². The van der Waals surface area contributed by atoms with Gasteiger partial charge in [0.1, 0.15) is 23.5 Å². The number of hydrogen-bond acceptors (Lipinski definition) is 4. The second kappa shape index (κ2) is 5.13. The Hall–Kier alpha value is -2.31. The lowest BCUT2D eigenvalue weighted by molar-refractivity contribution is 0.765. The van der Waals surface area contributed by atoms with Crippen LogP contribution >= 0.6 is 15.9 Å². The number of halogens is 1. The Balaban J connectivity index is 2.51. The first kappa shape index (κ1) is 13.1. The van der Waals surface area contributed by atoms with Crippen LogP contribution in [0.5, 0.6) is 0 Å². The minimum atomic E-state index is 0.478. The summed E-state index contributed by atoms with van der Waals surface area (Å²) in [6, 6.07) is 9.53. The van der Waals surface area contributed by atoms with E-state index in [0.717, 1.165) is 4.47 Å². The van der Waals surface area contributed by atoms with Crippen LogP contribution < -0.4 is 5.32 Å². The Kier molecular flexibility index (Phi) is 3.55. The monoisotopic (exact) mass is 315 g/mol. The Bertz CT molecular complexity index is 718. The lowest BCUT2D eigenvalue weighted by Gasteiger charge is -2.09. The van der Waals surface area contributed by atoms with Gasteiger partial charge in [-0.15, -0.1) is 0 Å². The van der Waals surface area contributed by atoms with E-state index in [4.69, 9.17) is 10.5 Å². The van der Waals surface area contributed by atoms with Gasteiger partial charge >= 0.3 is 0 Å². The predicted molar refractivity (Wildman–Crippen MR) is 74.8 cm³/mol. The minimum absolute atomic E-state index is 0.478. The number of nitrogens with zero attached hydrogens (tertiary/aromatic N) is 4. The maximum atomic E-state index is 9.15. The predicted octanol–water partition coefficient (Wildman–Crippen LogP) is 2.98. The lowest BCUT2D eigenvalue weighted by atomic mass is 10.2. The molecule has 2 rings (SSSR count). The second-order valence-electron chi connectivity index (χ2n) is 3.97. The van der Waals surface area contributed by atoms with Crippen LogP contribution in [0.15, 0.2) is 22.7 Å². The quantitative estimate of drug-likeness (QED) is 0.924. The van der Waals surface area contributed by atoms with Crippen molar-refractivity contribution in [2.45, 2.75) is 6.92 Å². The van der Waals surface area contributed by atoms with Gasteiger partial charge in [0.15, 0.2) is 0 Å². The number of rotatable bonds is 2. The number of hydrogen-bond donors (Lipinski definition) is 1. The molecule has 0 saturated carbocycles. The summed E-state index contributed by atoms with van der Waals surface area (Å²) in [6.45, 7) is 1.77. The first-order chi connectivity index (χ1) is 9.06. The highest BCUT2D eigenvalue weighted by Crippen LogP contribution is 2.27. The summed E-state index contributed by atoms with van der Waals surface area (Å²) >= 11 is 3.36. The van der Waals surface area contributed by atoms with Gasteiger partial charge in [-0.25, -0.2) is 0 Å². The van der Waals surface area contributed by atoms with E-state index in [1.54, 1.807) is 36.9 Å². The van der Waals surface area contributed by atoms with E-state index < -0.39 is 0 Å². The van der Waals surface area contributed by atoms with Gasteiger partial charge in [-0.2, -0.15) is 15.6 Å². The van der Waals surface area contributed by atoms with Gasteiger partial charge < -0.3 is 5.32 Å². The van der Waals surface area contributed by atoms with E-state index in [-0.39, 0.29) is 0 Å². The van der Waals surface area contributed by atoms with E-state index in [0.29, 0.717) is 28.3 Å². The molecule has 19 heavy (non-hydrogen) atoms. The SMILES string of the molecule is Cc1nn(C)c(Nc2cc(Br)ccc2C#N)c1C#N. The molecule has 0 aliphatic carbocycles. The van der Waals surface area contributed by atoms with Gasteiger partial charge in [-0.05, 0) is 25.1 Å². The second-order valence-corrected chi connectivity index (χ2v) is 4.89. The smallest absolute Gasteiger partial charge is 0.146 e. The summed E-state index contributed by atoms with van der Waals surface area (Å²) in [5.74, 6) is 0.578. The van der Waals surface area contributed by atoms with Crippen molar-refractivity contribution in [2.24, 2.45) is 7.05 Å². The third-order valence-corrected chi connectivity index (χ3v) is 3.18. The molecule has 1 aromatic heterocycles. The van der Waals surface area contributed by atoms with Crippen LogP contribution in [-0.2, 0) is 7.05 Å². The molecule has 5 nitrogen and oxygen atoms in total. The Morgan fingerprint density at radius 3 is 2.68 bits per heavy atom. The van der Waals surface area contributed by atoms with Gasteiger partial charge in [0.05, 0.1) is 16.9 Å². The molecule has 6 heteroatoms. The number of nitrogens with one attached hydrogen (secondary N) is 1. The van der Waals surface area contributed by atoms with Crippen molar-refractivity contribution in [1.29, 1.82) is 10.5 Å². The minimum Gasteiger partial charge on any atom is -0.338 e. The molecule has 0 spiro atoms. The normalized spacial score (nSPS) is 9.74.